The van der Waals surface area contributed by atoms with Gasteiger partial charge in [-0.15, -0.1) is 0 Å². The van der Waals surface area contributed by atoms with Gasteiger partial charge in [-0.2, -0.15) is 0 Å². The third kappa shape index (κ3) is 3.28. The molecule has 27 heavy (non-hydrogen) atoms. The number of rotatable bonds is 1. The van der Waals surface area contributed by atoms with Crippen molar-refractivity contribution in [1.29, 1.82) is 0 Å². The van der Waals surface area contributed by atoms with Gasteiger partial charge in [0.2, 0.25) is 0 Å². The first kappa shape index (κ1) is 19.3. The van der Waals surface area contributed by atoms with Crippen LogP contribution in [-0.2, 0) is 4.74 Å². The highest BCUT2D eigenvalue weighted by Gasteiger charge is 2.57. The zero-order valence-corrected chi connectivity index (χ0v) is 15.7. The molecule has 2 heterocycles. The van der Waals surface area contributed by atoms with E-state index in [2.05, 4.69) is 0 Å². The van der Waals surface area contributed by atoms with Crippen LogP contribution in [0.4, 0.5) is 13.6 Å². The van der Waals surface area contributed by atoms with Gasteiger partial charge in [0.05, 0.1) is 17.7 Å². The van der Waals surface area contributed by atoms with E-state index >= 15 is 0 Å². The van der Waals surface area contributed by atoms with Crippen molar-refractivity contribution in [2.75, 3.05) is 13.1 Å². The van der Waals surface area contributed by atoms with Gasteiger partial charge in [0.1, 0.15) is 11.6 Å². The lowest BCUT2D eigenvalue weighted by Gasteiger charge is -2.45. The first-order valence-electron chi connectivity index (χ1n) is 8.76. The number of benzene rings is 1. The van der Waals surface area contributed by atoms with E-state index in [4.69, 9.17) is 4.74 Å². The summed E-state index contributed by atoms with van der Waals surface area (Å²) in [5, 5.41) is 0. The molecule has 2 atom stereocenters. The van der Waals surface area contributed by atoms with Crippen molar-refractivity contribution in [2.45, 2.75) is 45.3 Å². The topological polar surface area (TPSA) is 66.9 Å². The standard InChI is InChI=1S/C19H22F2N2O4/c1-11-9-22(17(26)27-18(2,3)4)10-14(19(11,20)21)23-15(24)12-7-5-6-8-13(12)16(23)25/h5-8,11,14H,9-10H2,1-4H3. The Balaban J connectivity index is 1.92. The molecule has 0 saturated carbocycles. The summed E-state index contributed by atoms with van der Waals surface area (Å²) in [6.45, 7) is 5.62. The molecular formula is C19H22F2N2O4. The molecule has 2 aliphatic heterocycles. The molecule has 0 N–H and O–H groups in total. The second-order valence-electron chi connectivity index (χ2n) is 8.00. The lowest BCUT2D eigenvalue weighted by Crippen LogP contribution is -2.64. The molecule has 0 radical (unpaired) electrons. The molecule has 1 saturated heterocycles. The molecule has 3 amide bonds. The van der Waals surface area contributed by atoms with Crippen molar-refractivity contribution in [2.24, 2.45) is 5.92 Å². The number of nitrogens with zero attached hydrogens (tertiary/aromatic N) is 2. The highest BCUT2D eigenvalue weighted by atomic mass is 19.3. The highest BCUT2D eigenvalue weighted by molar-refractivity contribution is 6.21. The second kappa shape index (κ2) is 6.28. The second-order valence-corrected chi connectivity index (χ2v) is 8.00. The Morgan fingerprint density at radius 3 is 2.11 bits per heavy atom. The monoisotopic (exact) mass is 380 g/mol. The number of amides is 3. The summed E-state index contributed by atoms with van der Waals surface area (Å²) in [5.41, 5.74) is -0.591. The quantitative estimate of drug-likeness (QED) is 0.702. The molecule has 2 unspecified atom stereocenters. The maximum atomic E-state index is 14.9. The molecule has 146 valence electrons. The molecule has 0 aliphatic carbocycles. The van der Waals surface area contributed by atoms with Crippen molar-refractivity contribution in [3.63, 3.8) is 0 Å². The maximum Gasteiger partial charge on any atom is 0.410 e. The van der Waals surface area contributed by atoms with Gasteiger partial charge >= 0.3 is 6.09 Å². The van der Waals surface area contributed by atoms with Crippen molar-refractivity contribution in [1.82, 2.24) is 9.80 Å². The number of piperidine rings is 1. The fourth-order valence-corrected chi connectivity index (χ4v) is 3.41. The van der Waals surface area contributed by atoms with Gasteiger partial charge in [0.15, 0.2) is 0 Å². The van der Waals surface area contributed by atoms with E-state index in [-0.39, 0.29) is 17.7 Å². The first-order chi connectivity index (χ1) is 12.4. The summed E-state index contributed by atoms with van der Waals surface area (Å²) in [7, 11) is 0. The van der Waals surface area contributed by atoms with Crippen LogP contribution in [0.5, 0.6) is 0 Å². The number of carbonyl (C=O) groups is 3. The molecule has 1 aromatic rings. The van der Waals surface area contributed by atoms with E-state index in [1.165, 1.54) is 19.1 Å². The molecule has 8 heteroatoms. The average molecular weight is 380 g/mol. The van der Waals surface area contributed by atoms with Crippen LogP contribution < -0.4 is 0 Å². The van der Waals surface area contributed by atoms with Gasteiger partial charge in [0, 0.05) is 12.5 Å². The number of fused-ring (bicyclic) bond motifs is 1. The van der Waals surface area contributed by atoms with E-state index in [9.17, 15) is 23.2 Å². The number of hydrogen-bond acceptors (Lipinski definition) is 4. The van der Waals surface area contributed by atoms with Crippen molar-refractivity contribution < 1.29 is 27.9 Å². The Hall–Kier alpha value is -2.51. The SMILES string of the molecule is CC1CN(C(=O)OC(C)(C)C)CC(N2C(=O)c3ccccc3C2=O)C1(F)F. The van der Waals surface area contributed by atoms with E-state index in [0.29, 0.717) is 4.90 Å². The largest absolute Gasteiger partial charge is 0.444 e. The van der Waals surface area contributed by atoms with Gasteiger partial charge < -0.3 is 9.64 Å². The van der Waals surface area contributed by atoms with Crippen LogP contribution >= 0.6 is 0 Å². The molecule has 3 rings (SSSR count). The molecule has 0 bridgehead atoms. The van der Waals surface area contributed by atoms with E-state index in [1.807, 2.05) is 0 Å². The van der Waals surface area contributed by atoms with Crippen LogP contribution in [-0.4, -0.2) is 58.4 Å². The van der Waals surface area contributed by atoms with Gasteiger partial charge in [-0.05, 0) is 32.9 Å². The minimum Gasteiger partial charge on any atom is -0.444 e. The number of carbonyl (C=O) groups excluding carboxylic acids is 3. The highest BCUT2D eigenvalue weighted by Crippen LogP contribution is 2.39. The number of alkyl halides is 2. The van der Waals surface area contributed by atoms with E-state index in [1.54, 1.807) is 32.9 Å². The van der Waals surface area contributed by atoms with Gasteiger partial charge in [-0.1, -0.05) is 19.1 Å². The van der Waals surface area contributed by atoms with Gasteiger partial charge in [-0.25, -0.2) is 13.6 Å². The smallest absolute Gasteiger partial charge is 0.410 e. The number of likely N-dealkylation sites (tertiary alicyclic amines) is 1. The summed E-state index contributed by atoms with van der Waals surface area (Å²) >= 11 is 0. The average Bonchev–Trinajstić information content (AvgIpc) is 2.80. The Morgan fingerprint density at radius 1 is 1.11 bits per heavy atom. The molecule has 6 nitrogen and oxygen atoms in total. The van der Waals surface area contributed by atoms with Gasteiger partial charge in [-0.3, -0.25) is 14.5 Å². The minimum atomic E-state index is -3.33. The van der Waals surface area contributed by atoms with Crippen LogP contribution in [0.1, 0.15) is 48.4 Å². The van der Waals surface area contributed by atoms with Gasteiger partial charge in [0.25, 0.3) is 17.7 Å². The summed E-state index contributed by atoms with van der Waals surface area (Å²) in [4.78, 5) is 39.4. The molecule has 1 aromatic carbocycles. The number of imide groups is 1. The Morgan fingerprint density at radius 2 is 1.63 bits per heavy atom. The van der Waals surface area contributed by atoms with Crippen LogP contribution in [0.15, 0.2) is 24.3 Å². The Kier molecular flexibility index (Phi) is 4.48. The Bertz CT molecular complexity index is 768. The Labute approximate surface area is 156 Å². The third-order valence-corrected chi connectivity index (χ3v) is 4.78. The molecule has 0 spiro atoms. The predicted molar refractivity (Wildman–Crippen MR) is 92.6 cm³/mol. The van der Waals surface area contributed by atoms with Crippen LogP contribution in [0.25, 0.3) is 0 Å². The van der Waals surface area contributed by atoms with Crippen LogP contribution in [0, 0.1) is 5.92 Å². The normalized spacial score (nSPS) is 24.8. The summed E-state index contributed by atoms with van der Waals surface area (Å²) in [6, 6.07) is 4.27. The molecule has 2 aliphatic rings. The van der Waals surface area contributed by atoms with E-state index in [0.717, 1.165) is 4.90 Å². The van der Waals surface area contributed by atoms with Crippen molar-refractivity contribution in [3.05, 3.63) is 35.4 Å². The van der Waals surface area contributed by atoms with Crippen molar-refractivity contribution >= 4 is 17.9 Å². The summed E-state index contributed by atoms with van der Waals surface area (Å²) < 4.78 is 35.1. The number of halogens is 2. The fourth-order valence-electron chi connectivity index (χ4n) is 3.41. The zero-order chi connectivity index (χ0) is 20.1. The number of hydrogen-bond donors (Lipinski definition) is 0. The predicted octanol–water partition coefficient (Wildman–Crippen LogP) is 3.17. The first-order valence-corrected chi connectivity index (χ1v) is 8.76. The van der Waals surface area contributed by atoms with Crippen molar-refractivity contribution in [3.8, 4) is 0 Å². The lowest BCUT2D eigenvalue weighted by atomic mass is 9.90. The minimum absolute atomic E-state index is 0.0975. The third-order valence-electron chi connectivity index (χ3n) is 4.78. The van der Waals surface area contributed by atoms with E-state index < -0.39 is 47.9 Å². The lowest BCUT2D eigenvalue weighted by molar-refractivity contribution is -0.140. The summed E-state index contributed by atoms with van der Waals surface area (Å²) in [6.07, 6.45) is -0.744. The zero-order valence-electron chi connectivity index (χ0n) is 15.7. The summed E-state index contributed by atoms with van der Waals surface area (Å²) in [5.74, 6) is -6.10. The van der Waals surface area contributed by atoms with Crippen LogP contribution in [0.3, 0.4) is 0 Å². The molecule has 0 aromatic heterocycles. The molecular weight excluding hydrogens is 358 g/mol. The fraction of sp³-hybridized carbons (Fsp3) is 0.526. The molecule has 1 fully saturated rings. The van der Waals surface area contributed by atoms with Crippen LogP contribution in [0.2, 0.25) is 0 Å². The maximum absolute atomic E-state index is 14.9. The number of ether oxygens (including phenoxy) is 1.